The molecule has 1 aromatic heterocycles. The predicted molar refractivity (Wildman–Crippen MR) is 124 cm³/mol. The quantitative estimate of drug-likeness (QED) is 0.465. The highest BCUT2D eigenvalue weighted by Crippen LogP contribution is 2.33. The molecule has 32 heavy (non-hydrogen) atoms. The number of pyridine rings is 1. The molecule has 4 rings (SSSR count). The fourth-order valence-electron chi connectivity index (χ4n) is 4.10. The minimum Gasteiger partial charge on any atom is -0.494 e. The van der Waals surface area contributed by atoms with Gasteiger partial charge < -0.3 is 21.1 Å². The molecular weight excluding hydrogens is 410 g/mol. The number of nitrogens with one attached hydrogen (secondary N) is 2. The molecule has 0 saturated heterocycles. The Morgan fingerprint density at radius 1 is 1.03 bits per heavy atom. The summed E-state index contributed by atoms with van der Waals surface area (Å²) >= 11 is 0. The van der Waals surface area contributed by atoms with Crippen LogP contribution in [0.4, 0.5) is 20.3 Å². The fraction of sp³-hybridized carbons (Fsp3) is 0.320. The van der Waals surface area contributed by atoms with Crippen LogP contribution in [-0.2, 0) is 6.54 Å². The van der Waals surface area contributed by atoms with Gasteiger partial charge in [-0.05, 0) is 67.1 Å². The molecule has 1 fully saturated rings. The summed E-state index contributed by atoms with van der Waals surface area (Å²) in [5.74, 6) is 0.301. The summed E-state index contributed by atoms with van der Waals surface area (Å²) in [5, 5.41) is 6.76. The molecular formula is C25H28F2N4O. The largest absolute Gasteiger partial charge is 0.494 e. The van der Waals surface area contributed by atoms with Crippen molar-refractivity contribution in [3.8, 4) is 16.9 Å². The molecule has 7 heteroatoms. The standard InChI is InChI=1S/C25H28F2N4O/c1-32-24-15-30-25(31-21-7-5-20(28)6-8-21)13-23(24)17-3-2-4-22(11-17)29-14-16-9-18(26)12-19(27)10-16/h2-4,9-13,15,20-21,29H,5-8,14,28H2,1H3,(H,30,31)/t20-,21-. The summed E-state index contributed by atoms with van der Waals surface area (Å²) in [6, 6.07) is 14.0. The molecule has 4 N–H and O–H groups in total. The molecule has 1 aliphatic carbocycles. The first kappa shape index (κ1) is 22.0. The van der Waals surface area contributed by atoms with Gasteiger partial charge in [-0.1, -0.05) is 12.1 Å². The van der Waals surface area contributed by atoms with E-state index in [9.17, 15) is 8.78 Å². The van der Waals surface area contributed by atoms with Gasteiger partial charge in [-0.3, -0.25) is 0 Å². The Balaban J connectivity index is 1.51. The van der Waals surface area contributed by atoms with Crippen molar-refractivity contribution < 1.29 is 13.5 Å². The fourth-order valence-corrected chi connectivity index (χ4v) is 4.10. The number of hydrogen-bond acceptors (Lipinski definition) is 5. The normalized spacial score (nSPS) is 18.2. The lowest BCUT2D eigenvalue weighted by atomic mass is 9.92. The van der Waals surface area contributed by atoms with E-state index in [-0.39, 0.29) is 0 Å². The van der Waals surface area contributed by atoms with Crippen molar-refractivity contribution >= 4 is 11.5 Å². The summed E-state index contributed by atoms with van der Waals surface area (Å²) in [7, 11) is 1.62. The Kier molecular flexibility index (Phi) is 6.85. The van der Waals surface area contributed by atoms with Gasteiger partial charge >= 0.3 is 0 Å². The van der Waals surface area contributed by atoms with E-state index in [0.29, 0.717) is 29.9 Å². The Morgan fingerprint density at radius 3 is 2.50 bits per heavy atom. The molecule has 0 radical (unpaired) electrons. The minimum absolute atomic E-state index is 0.298. The minimum atomic E-state index is -0.586. The third-order valence-electron chi connectivity index (χ3n) is 5.80. The average Bonchev–Trinajstić information content (AvgIpc) is 2.79. The second-order valence-electron chi connectivity index (χ2n) is 8.24. The van der Waals surface area contributed by atoms with Crippen LogP contribution in [0.5, 0.6) is 5.75 Å². The summed E-state index contributed by atoms with van der Waals surface area (Å²) in [6.07, 6.45) is 5.82. The Hall–Kier alpha value is -3.19. The Labute approximate surface area is 187 Å². The lowest BCUT2D eigenvalue weighted by molar-refractivity contribution is 0.409. The number of anilines is 2. The van der Waals surface area contributed by atoms with Gasteiger partial charge in [0.25, 0.3) is 0 Å². The van der Waals surface area contributed by atoms with Crippen LogP contribution >= 0.6 is 0 Å². The number of nitrogens with two attached hydrogens (primary N) is 1. The molecule has 1 saturated carbocycles. The highest BCUT2D eigenvalue weighted by molar-refractivity contribution is 5.75. The molecule has 0 bridgehead atoms. The predicted octanol–water partition coefficient (Wildman–Crippen LogP) is 5.33. The molecule has 0 atom stereocenters. The lowest BCUT2D eigenvalue weighted by Crippen LogP contribution is -2.33. The van der Waals surface area contributed by atoms with E-state index in [4.69, 9.17) is 10.5 Å². The zero-order valence-corrected chi connectivity index (χ0v) is 18.1. The van der Waals surface area contributed by atoms with E-state index in [1.165, 1.54) is 12.1 Å². The molecule has 0 aliphatic heterocycles. The van der Waals surface area contributed by atoms with Gasteiger partial charge in [-0.2, -0.15) is 0 Å². The van der Waals surface area contributed by atoms with Crippen LogP contribution in [0.3, 0.4) is 0 Å². The topological polar surface area (TPSA) is 72.2 Å². The van der Waals surface area contributed by atoms with E-state index in [1.54, 1.807) is 13.3 Å². The van der Waals surface area contributed by atoms with Crippen molar-refractivity contribution in [1.82, 2.24) is 4.98 Å². The molecule has 2 aromatic carbocycles. The average molecular weight is 439 g/mol. The number of aromatic nitrogens is 1. The number of methoxy groups -OCH3 is 1. The third-order valence-corrected chi connectivity index (χ3v) is 5.80. The summed E-state index contributed by atoms with van der Waals surface area (Å²) in [6.45, 7) is 0.308. The monoisotopic (exact) mass is 438 g/mol. The number of ether oxygens (including phenoxy) is 1. The van der Waals surface area contributed by atoms with Crippen molar-refractivity contribution in [2.24, 2.45) is 5.73 Å². The third kappa shape index (κ3) is 5.53. The SMILES string of the molecule is COc1cnc(N[C@H]2CC[C@H](N)CC2)cc1-c1cccc(NCc2cc(F)cc(F)c2)c1. The van der Waals surface area contributed by atoms with Gasteiger partial charge in [-0.15, -0.1) is 0 Å². The summed E-state index contributed by atoms with van der Waals surface area (Å²) in [4.78, 5) is 4.51. The van der Waals surface area contributed by atoms with Gasteiger partial charge in [0.15, 0.2) is 0 Å². The zero-order valence-electron chi connectivity index (χ0n) is 18.1. The maximum absolute atomic E-state index is 13.4. The molecule has 3 aromatic rings. The summed E-state index contributed by atoms with van der Waals surface area (Å²) < 4.78 is 32.4. The van der Waals surface area contributed by atoms with Gasteiger partial charge in [0.1, 0.15) is 23.2 Å². The second-order valence-corrected chi connectivity index (χ2v) is 8.24. The van der Waals surface area contributed by atoms with Gasteiger partial charge in [-0.25, -0.2) is 13.8 Å². The van der Waals surface area contributed by atoms with Crippen LogP contribution < -0.4 is 21.1 Å². The molecule has 1 aliphatic rings. The van der Waals surface area contributed by atoms with Crippen molar-refractivity contribution in [2.75, 3.05) is 17.7 Å². The second kappa shape index (κ2) is 9.96. The van der Waals surface area contributed by atoms with Crippen molar-refractivity contribution in [3.05, 3.63) is 71.9 Å². The lowest BCUT2D eigenvalue weighted by Gasteiger charge is -2.27. The smallest absolute Gasteiger partial charge is 0.145 e. The first-order valence-corrected chi connectivity index (χ1v) is 10.9. The summed E-state index contributed by atoms with van der Waals surface area (Å²) in [5.41, 5.74) is 9.25. The highest BCUT2D eigenvalue weighted by Gasteiger charge is 2.19. The number of hydrogen-bond donors (Lipinski definition) is 3. The number of benzene rings is 2. The van der Waals surface area contributed by atoms with Crippen molar-refractivity contribution in [1.29, 1.82) is 0 Å². The van der Waals surface area contributed by atoms with Crippen molar-refractivity contribution in [2.45, 2.75) is 44.3 Å². The maximum atomic E-state index is 13.4. The molecule has 0 spiro atoms. The van der Waals surface area contributed by atoms with Crippen LogP contribution in [0.2, 0.25) is 0 Å². The van der Waals surface area contributed by atoms with E-state index < -0.39 is 11.6 Å². The molecule has 168 valence electrons. The van der Waals surface area contributed by atoms with Gasteiger partial charge in [0, 0.05) is 35.9 Å². The van der Waals surface area contributed by atoms with Gasteiger partial charge in [0.2, 0.25) is 0 Å². The zero-order chi connectivity index (χ0) is 22.5. The van der Waals surface area contributed by atoms with Crippen LogP contribution in [-0.4, -0.2) is 24.2 Å². The van der Waals surface area contributed by atoms with Gasteiger partial charge in [0.05, 0.1) is 13.3 Å². The Morgan fingerprint density at radius 2 is 1.78 bits per heavy atom. The van der Waals surface area contributed by atoms with Crippen molar-refractivity contribution in [3.63, 3.8) is 0 Å². The van der Waals surface area contributed by atoms with Crippen LogP contribution in [0.15, 0.2) is 54.7 Å². The van der Waals surface area contributed by atoms with E-state index in [0.717, 1.165) is 54.4 Å². The first-order valence-electron chi connectivity index (χ1n) is 10.9. The highest BCUT2D eigenvalue weighted by atomic mass is 19.1. The molecule has 5 nitrogen and oxygen atoms in total. The van der Waals surface area contributed by atoms with Crippen LogP contribution in [0, 0.1) is 11.6 Å². The Bertz CT molecular complexity index is 1050. The van der Waals surface area contributed by atoms with E-state index >= 15 is 0 Å². The molecule has 1 heterocycles. The number of nitrogens with zero attached hydrogens (tertiary/aromatic N) is 1. The van der Waals surface area contributed by atoms with E-state index in [2.05, 4.69) is 15.6 Å². The number of rotatable bonds is 7. The van der Waals surface area contributed by atoms with E-state index in [1.807, 2.05) is 30.3 Å². The molecule has 0 amide bonds. The van der Waals surface area contributed by atoms with Crippen LogP contribution in [0.1, 0.15) is 31.2 Å². The van der Waals surface area contributed by atoms with Crippen LogP contribution in [0.25, 0.3) is 11.1 Å². The first-order chi connectivity index (χ1) is 15.5. The number of halogens is 2. The maximum Gasteiger partial charge on any atom is 0.145 e. The molecule has 0 unspecified atom stereocenters.